The van der Waals surface area contributed by atoms with Crippen LogP contribution in [0.5, 0.6) is 5.75 Å². The second kappa shape index (κ2) is 10.3. The lowest BCUT2D eigenvalue weighted by molar-refractivity contribution is -0.181. The standard InChI is InChI=1S/C24H28N6O9S/c1-4-27-9-10-28(20(37)19(27)36)29(12-32)16(13-5-7-14(33)8-6-13)17(34)26-24(22(38)39)23(2,3)40-21-15(25-11-31)18(35)30(21)24/h5-8,11-12,15-16,21,33H,4,9-10H2,1-3H3,(H,25,31)(H,26,34)(H,38,39)/t15-,16?,21-,24+/m1/s1. The Labute approximate surface area is 232 Å². The molecule has 1 unspecified atom stereocenters. The summed E-state index contributed by atoms with van der Waals surface area (Å²) >= 11 is 1.06. The molecule has 15 nitrogen and oxygen atoms in total. The van der Waals surface area contributed by atoms with Gasteiger partial charge < -0.3 is 25.7 Å². The van der Waals surface area contributed by atoms with E-state index in [1.807, 2.05) is 0 Å². The largest absolute Gasteiger partial charge is 0.508 e. The summed E-state index contributed by atoms with van der Waals surface area (Å²) in [7, 11) is 0. The van der Waals surface area contributed by atoms with E-state index < -0.39 is 57.5 Å². The average Bonchev–Trinajstić information content (AvgIpc) is 3.12. The maximum Gasteiger partial charge on any atom is 0.352 e. The minimum absolute atomic E-state index is 0.0765. The van der Waals surface area contributed by atoms with Crippen molar-refractivity contribution in [3.63, 3.8) is 0 Å². The number of hydrogen-bond donors (Lipinski definition) is 4. The first-order valence-electron chi connectivity index (χ1n) is 12.3. The molecule has 0 saturated carbocycles. The molecule has 3 aliphatic rings. The predicted molar refractivity (Wildman–Crippen MR) is 137 cm³/mol. The summed E-state index contributed by atoms with van der Waals surface area (Å²) in [5.74, 6) is -5.49. The van der Waals surface area contributed by atoms with Crippen molar-refractivity contribution >= 4 is 54.2 Å². The van der Waals surface area contributed by atoms with Gasteiger partial charge in [-0.15, -0.1) is 11.8 Å². The summed E-state index contributed by atoms with van der Waals surface area (Å²) in [6, 6.07) is 2.38. The van der Waals surface area contributed by atoms with Gasteiger partial charge in [0.1, 0.15) is 17.2 Å². The van der Waals surface area contributed by atoms with Gasteiger partial charge in [-0.05, 0) is 38.5 Å². The summed E-state index contributed by atoms with van der Waals surface area (Å²) in [5, 5.41) is 25.7. The molecule has 3 heterocycles. The maximum absolute atomic E-state index is 14.0. The highest BCUT2D eigenvalue weighted by molar-refractivity contribution is 8.01. The van der Waals surface area contributed by atoms with Gasteiger partial charge in [0.15, 0.2) is 6.04 Å². The SMILES string of the molecule is CCN1CCN(N(C=O)C(C(=O)N[C@@]2(C(=O)O)N3C(=O)[C@@H](NC=O)[C@H]3SC2(C)C)c2ccc(O)cc2)C(=O)C1=O. The minimum atomic E-state index is -2.32. The molecule has 4 atom stereocenters. The van der Waals surface area contributed by atoms with Crippen molar-refractivity contribution in [3.8, 4) is 5.75 Å². The average molecular weight is 577 g/mol. The van der Waals surface area contributed by atoms with Crippen LogP contribution >= 0.6 is 11.8 Å². The number of thioether (sulfide) groups is 1. The number of hydrazine groups is 1. The van der Waals surface area contributed by atoms with Crippen molar-refractivity contribution in [2.45, 2.75) is 48.6 Å². The van der Waals surface area contributed by atoms with Crippen LogP contribution in [0.15, 0.2) is 24.3 Å². The van der Waals surface area contributed by atoms with Crippen LogP contribution in [0.4, 0.5) is 0 Å². The van der Waals surface area contributed by atoms with E-state index in [4.69, 9.17) is 0 Å². The van der Waals surface area contributed by atoms with Crippen LogP contribution in [-0.2, 0) is 33.6 Å². The monoisotopic (exact) mass is 576 g/mol. The number of nitrogens with one attached hydrogen (secondary N) is 2. The molecule has 40 heavy (non-hydrogen) atoms. The van der Waals surface area contributed by atoms with E-state index in [1.165, 1.54) is 43.0 Å². The van der Waals surface area contributed by atoms with Gasteiger partial charge in [0, 0.05) is 13.1 Å². The number of aliphatic carboxylic acids is 1. The van der Waals surface area contributed by atoms with E-state index in [2.05, 4.69) is 10.6 Å². The number of hydrogen-bond acceptors (Lipinski definition) is 9. The molecule has 3 fully saturated rings. The molecule has 0 aliphatic carbocycles. The number of carboxylic acids is 1. The van der Waals surface area contributed by atoms with Gasteiger partial charge in [0.25, 0.3) is 11.8 Å². The molecule has 0 aromatic heterocycles. The van der Waals surface area contributed by atoms with E-state index >= 15 is 0 Å². The molecule has 0 radical (unpaired) electrons. The zero-order valence-corrected chi connectivity index (χ0v) is 22.6. The summed E-state index contributed by atoms with van der Waals surface area (Å²) < 4.78 is -1.34. The van der Waals surface area contributed by atoms with E-state index in [1.54, 1.807) is 6.92 Å². The van der Waals surface area contributed by atoms with E-state index in [9.17, 15) is 43.8 Å². The van der Waals surface area contributed by atoms with Crippen LogP contribution in [0.1, 0.15) is 32.4 Å². The molecule has 1 aromatic carbocycles. The normalized spacial score (nSPS) is 26.0. The van der Waals surface area contributed by atoms with Crippen molar-refractivity contribution in [1.29, 1.82) is 0 Å². The fraction of sp³-hybridized carbons (Fsp3) is 0.458. The summed E-state index contributed by atoms with van der Waals surface area (Å²) in [4.78, 5) is 91.0. The molecule has 4 rings (SSSR count). The third-order valence-electron chi connectivity index (χ3n) is 7.33. The number of aromatic hydroxyl groups is 1. The van der Waals surface area contributed by atoms with E-state index in [0.717, 1.165) is 21.7 Å². The number of benzene rings is 1. The Hall–Kier alpha value is -4.34. The fourth-order valence-corrected chi connectivity index (χ4v) is 6.95. The topological polar surface area (TPSA) is 197 Å². The van der Waals surface area contributed by atoms with E-state index in [-0.39, 0.29) is 37.4 Å². The van der Waals surface area contributed by atoms with Crippen LogP contribution in [-0.4, -0.2) is 114 Å². The molecule has 3 saturated heterocycles. The molecule has 16 heteroatoms. The molecule has 1 aromatic rings. The van der Waals surface area contributed by atoms with Gasteiger partial charge >= 0.3 is 17.8 Å². The number of likely N-dealkylation sites (N-methyl/N-ethyl adjacent to an activating group) is 1. The van der Waals surface area contributed by atoms with Gasteiger partial charge in [-0.2, -0.15) is 0 Å². The summed E-state index contributed by atoms with van der Waals surface area (Å²) in [5.41, 5.74) is -2.24. The quantitative estimate of drug-likeness (QED) is 0.140. The first kappa shape index (κ1) is 28.7. The molecule has 3 aliphatic heterocycles. The Bertz CT molecular complexity index is 1270. The van der Waals surface area contributed by atoms with Crippen LogP contribution in [0, 0.1) is 0 Å². The van der Waals surface area contributed by atoms with Crippen molar-refractivity contribution in [2.75, 3.05) is 19.6 Å². The summed E-state index contributed by atoms with van der Waals surface area (Å²) in [6.45, 7) is 4.89. The van der Waals surface area contributed by atoms with Crippen molar-refractivity contribution in [2.24, 2.45) is 0 Å². The first-order valence-corrected chi connectivity index (χ1v) is 13.1. The number of amides is 6. The number of fused-ring (bicyclic) bond motifs is 1. The van der Waals surface area contributed by atoms with Crippen molar-refractivity contribution in [1.82, 2.24) is 30.5 Å². The number of phenolic OH excluding ortho intramolecular Hbond substituents is 1. The Morgan fingerprint density at radius 2 is 1.80 bits per heavy atom. The van der Waals surface area contributed by atoms with Crippen LogP contribution in [0.2, 0.25) is 0 Å². The number of carbonyl (C=O) groups excluding carboxylic acids is 6. The molecule has 4 N–H and O–H groups in total. The number of nitrogens with zero attached hydrogens (tertiary/aromatic N) is 4. The van der Waals surface area contributed by atoms with Crippen LogP contribution in [0.25, 0.3) is 0 Å². The Morgan fingerprint density at radius 3 is 2.35 bits per heavy atom. The number of carbonyl (C=O) groups is 7. The molecular formula is C24H28N6O9S. The number of phenols is 1. The van der Waals surface area contributed by atoms with Crippen LogP contribution in [0.3, 0.4) is 0 Å². The van der Waals surface area contributed by atoms with Gasteiger partial charge in [-0.1, -0.05) is 12.1 Å². The smallest absolute Gasteiger partial charge is 0.352 e. The third kappa shape index (κ3) is 4.18. The molecule has 0 spiro atoms. The number of rotatable bonds is 10. The molecule has 214 valence electrons. The maximum atomic E-state index is 14.0. The van der Waals surface area contributed by atoms with Gasteiger partial charge in [-0.3, -0.25) is 33.7 Å². The number of β-lactam (4-membered cyclic amide) rings is 1. The molecule has 6 amide bonds. The molecule has 0 bridgehead atoms. The first-order chi connectivity index (χ1) is 18.9. The lowest BCUT2D eigenvalue weighted by Gasteiger charge is -2.50. The third-order valence-corrected chi connectivity index (χ3v) is 8.94. The van der Waals surface area contributed by atoms with Crippen molar-refractivity contribution in [3.05, 3.63) is 29.8 Å². The Kier molecular flexibility index (Phi) is 7.40. The lowest BCUT2D eigenvalue weighted by Crippen LogP contribution is -2.80. The Balaban J connectivity index is 1.76. The highest BCUT2D eigenvalue weighted by atomic mass is 32.2. The highest BCUT2D eigenvalue weighted by Gasteiger charge is 2.74. The fourth-order valence-electron chi connectivity index (χ4n) is 5.24. The predicted octanol–water partition coefficient (Wildman–Crippen LogP) is -1.80. The highest BCUT2D eigenvalue weighted by Crippen LogP contribution is 2.55. The number of piperazine rings is 1. The summed E-state index contributed by atoms with van der Waals surface area (Å²) in [6.07, 6.45) is 0.500. The van der Waals surface area contributed by atoms with Gasteiger partial charge in [0.2, 0.25) is 18.5 Å². The second-order valence-corrected chi connectivity index (χ2v) is 11.5. The van der Waals surface area contributed by atoms with Crippen LogP contribution < -0.4 is 10.6 Å². The Morgan fingerprint density at radius 1 is 1.15 bits per heavy atom. The number of carboxylic acid groups (broad SMARTS) is 1. The zero-order chi connectivity index (χ0) is 29.6. The second-order valence-electron chi connectivity index (χ2n) is 9.79. The van der Waals surface area contributed by atoms with Gasteiger partial charge in [-0.25, -0.2) is 14.8 Å². The van der Waals surface area contributed by atoms with Gasteiger partial charge in [0.05, 0.1) is 11.3 Å². The minimum Gasteiger partial charge on any atom is -0.508 e. The molecular weight excluding hydrogens is 548 g/mol. The zero-order valence-electron chi connectivity index (χ0n) is 21.8. The van der Waals surface area contributed by atoms with Crippen molar-refractivity contribution < 1.29 is 43.8 Å². The van der Waals surface area contributed by atoms with E-state index in [0.29, 0.717) is 11.4 Å². The lowest BCUT2D eigenvalue weighted by atomic mass is 9.88.